The summed E-state index contributed by atoms with van der Waals surface area (Å²) in [4.78, 5) is 7.36. The van der Waals surface area contributed by atoms with Crippen LogP contribution in [0.15, 0.2) is 125 Å². The number of rotatable bonds is 11. The fraction of sp³-hybridized carbons (Fsp3) is 0.250. The Morgan fingerprint density at radius 1 is 1.02 bits per heavy atom. The normalized spacial score (nSPS) is 16.6. The van der Waals surface area contributed by atoms with Crippen molar-refractivity contribution in [2.24, 2.45) is 10.9 Å². The molecule has 3 aromatic carbocycles. The van der Waals surface area contributed by atoms with Crippen LogP contribution < -0.4 is 10.1 Å². The van der Waals surface area contributed by atoms with E-state index in [0.29, 0.717) is 5.92 Å². The van der Waals surface area contributed by atoms with Crippen LogP contribution in [0, 0.1) is 12.8 Å². The van der Waals surface area contributed by atoms with E-state index in [-0.39, 0.29) is 0 Å². The highest BCUT2D eigenvalue weighted by Crippen LogP contribution is 2.33. The third kappa shape index (κ3) is 8.34. The van der Waals surface area contributed by atoms with Gasteiger partial charge in [0.25, 0.3) is 0 Å². The first kappa shape index (κ1) is 30.1. The quantitative estimate of drug-likeness (QED) is 0.174. The second-order valence-electron chi connectivity index (χ2n) is 10.5. The first-order valence-corrected chi connectivity index (χ1v) is 15.0. The molecule has 1 atom stereocenters. The minimum Gasteiger partial charge on any atom is -0.457 e. The summed E-state index contributed by atoms with van der Waals surface area (Å²) in [5, 5.41) is 3.68. The van der Waals surface area contributed by atoms with E-state index in [9.17, 15) is 0 Å². The van der Waals surface area contributed by atoms with Crippen LogP contribution in [0.5, 0.6) is 11.5 Å². The molecule has 0 aromatic heterocycles. The highest BCUT2D eigenvalue weighted by molar-refractivity contribution is 9.11. The number of ether oxygens (including phenoxy) is 1. The molecule has 1 N–H and O–H groups in total. The van der Waals surface area contributed by atoms with Gasteiger partial charge in [-0.1, -0.05) is 73.8 Å². The van der Waals surface area contributed by atoms with Gasteiger partial charge in [-0.05, 0) is 91.4 Å². The maximum Gasteiger partial charge on any atom is 0.136 e. The Kier molecular flexibility index (Phi) is 10.8. The molecule has 0 saturated carbocycles. The van der Waals surface area contributed by atoms with Gasteiger partial charge in [-0.2, -0.15) is 0 Å². The number of para-hydroxylation sites is 2. The Balaban J connectivity index is 1.45. The van der Waals surface area contributed by atoms with Crippen molar-refractivity contribution >= 4 is 27.3 Å². The van der Waals surface area contributed by atoms with Gasteiger partial charge in [0.2, 0.25) is 0 Å². The van der Waals surface area contributed by atoms with Gasteiger partial charge >= 0.3 is 0 Å². The Morgan fingerprint density at radius 3 is 2.44 bits per heavy atom. The number of halogens is 1. The molecule has 41 heavy (non-hydrogen) atoms. The molecule has 0 bridgehead atoms. The molecular formula is C36H40BrN3O. The Labute approximate surface area is 254 Å². The summed E-state index contributed by atoms with van der Waals surface area (Å²) < 4.78 is 7.12. The molecule has 1 aliphatic heterocycles. The molecule has 1 aliphatic rings. The average molecular weight is 611 g/mol. The van der Waals surface area contributed by atoms with Crippen molar-refractivity contribution < 1.29 is 4.74 Å². The smallest absolute Gasteiger partial charge is 0.136 e. The van der Waals surface area contributed by atoms with E-state index in [1.54, 1.807) is 6.08 Å². The lowest BCUT2D eigenvalue weighted by atomic mass is 9.96. The topological polar surface area (TPSA) is 36.9 Å². The van der Waals surface area contributed by atoms with Gasteiger partial charge in [0.05, 0.1) is 11.4 Å². The van der Waals surface area contributed by atoms with Crippen LogP contribution in [0.4, 0.5) is 0 Å². The van der Waals surface area contributed by atoms with Crippen LogP contribution in [0.25, 0.3) is 5.70 Å². The number of likely N-dealkylation sites (tertiary alicyclic amines) is 1. The molecule has 4 nitrogen and oxygen atoms in total. The van der Waals surface area contributed by atoms with E-state index in [0.717, 1.165) is 76.0 Å². The zero-order valence-corrected chi connectivity index (χ0v) is 26.0. The predicted octanol–water partition coefficient (Wildman–Crippen LogP) is 9.27. The lowest BCUT2D eigenvalue weighted by molar-refractivity contribution is 0.244. The van der Waals surface area contributed by atoms with E-state index < -0.39 is 0 Å². The Hall–Kier alpha value is -3.83. The van der Waals surface area contributed by atoms with Crippen LogP contribution in [0.2, 0.25) is 0 Å². The standard InChI is InChI=1S/C36H40BrN3O/c1-6-34(37)28(4)39-35(32-19-11-10-15-26(32)2)23-27(3)38-24-30-16-14-22-40(25-30)29(5)33-20-12-13-21-36(33)41-31-17-8-7-9-18-31/h6-13,15,17-21,23,30,38H,1,5,14,16,22,24-25H2,2-4H3/b27-23+,34-28-,39-35+. The molecule has 0 aliphatic carbocycles. The molecule has 212 valence electrons. The molecule has 1 saturated heterocycles. The SMILES string of the molecule is C=C/C(Br)=C(C)/N=C(\C=C(/C)NCC1CCCN(C(=C)c2ccccc2Oc2ccccc2)C1)c1ccccc1C. The van der Waals surface area contributed by atoms with Crippen LogP contribution in [-0.4, -0.2) is 30.2 Å². The van der Waals surface area contributed by atoms with Crippen molar-refractivity contribution in [3.8, 4) is 11.5 Å². The number of benzene rings is 3. The molecule has 0 spiro atoms. The lowest BCUT2D eigenvalue weighted by Gasteiger charge is -2.36. The van der Waals surface area contributed by atoms with Crippen LogP contribution in [-0.2, 0) is 0 Å². The van der Waals surface area contributed by atoms with Crippen molar-refractivity contribution in [1.29, 1.82) is 0 Å². The second-order valence-corrected chi connectivity index (χ2v) is 11.3. The Morgan fingerprint density at radius 2 is 1.71 bits per heavy atom. The van der Waals surface area contributed by atoms with E-state index >= 15 is 0 Å². The van der Waals surface area contributed by atoms with Crippen LogP contribution in [0.3, 0.4) is 0 Å². The number of hydrogen-bond donors (Lipinski definition) is 1. The average Bonchev–Trinajstić information content (AvgIpc) is 3.00. The van der Waals surface area contributed by atoms with Gasteiger partial charge in [0, 0.05) is 46.6 Å². The lowest BCUT2D eigenvalue weighted by Crippen LogP contribution is -2.38. The van der Waals surface area contributed by atoms with Gasteiger partial charge in [-0.15, -0.1) is 0 Å². The largest absolute Gasteiger partial charge is 0.457 e. The predicted molar refractivity (Wildman–Crippen MR) is 178 cm³/mol. The van der Waals surface area contributed by atoms with Gasteiger partial charge in [-0.25, -0.2) is 0 Å². The van der Waals surface area contributed by atoms with E-state index in [2.05, 4.69) is 89.6 Å². The van der Waals surface area contributed by atoms with E-state index in [1.165, 1.54) is 12.0 Å². The maximum atomic E-state index is 6.23. The fourth-order valence-corrected chi connectivity index (χ4v) is 5.12. The van der Waals surface area contributed by atoms with Crippen molar-refractivity contribution in [3.63, 3.8) is 0 Å². The summed E-state index contributed by atoms with van der Waals surface area (Å²) in [7, 11) is 0. The summed E-state index contributed by atoms with van der Waals surface area (Å²) in [6, 6.07) is 26.4. The van der Waals surface area contributed by atoms with Crippen molar-refractivity contribution in [2.75, 3.05) is 19.6 Å². The number of aliphatic imine (C=N–C) groups is 1. The van der Waals surface area contributed by atoms with E-state index in [4.69, 9.17) is 9.73 Å². The minimum atomic E-state index is 0.501. The monoisotopic (exact) mass is 609 g/mol. The fourth-order valence-electron chi connectivity index (χ4n) is 5.03. The number of hydrogen-bond acceptors (Lipinski definition) is 4. The molecule has 5 heteroatoms. The first-order chi connectivity index (χ1) is 19.9. The Bertz CT molecular complexity index is 1450. The molecule has 1 heterocycles. The summed E-state index contributed by atoms with van der Waals surface area (Å²) in [5.74, 6) is 2.16. The van der Waals surface area contributed by atoms with Crippen LogP contribution in [0.1, 0.15) is 43.4 Å². The summed E-state index contributed by atoms with van der Waals surface area (Å²) in [6.45, 7) is 17.4. The first-order valence-electron chi connectivity index (χ1n) is 14.2. The summed E-state index contributed by atoms with van der Waals surface area (Å²) >= 11 is 3.56. The zero-order chi connectivity index (χ0) is 29.2. The third-order valence-corrected chi connectivity index (χ3v) is 8.22. The molecule has 1 unspecified atom stereocenters. The molecule has 0 amide bonds. The zero-order valence-electron chi connectivity index (χ0n) is 24.4. The molecular weight excluding hydrogens is 570 g/mol. The van der Waals surface area contributed by atoms with Gasteiger partial charge in [-0.3, -0.25) is 4.99 Å². The second kappa shape index (κ2) is 14.7. The number of aryl methyl sites for hydroxylation is 1. The third-order valence-electron chi connectivity index (χ3n) is 7.33. The minimum absolute atomic E-state index is 0.501. The highest BCUT2D eigenvalue weighted by atomic mass is 79.9. The van der Waals surface area contributed by atoms with Gasteiger partial charge < -0.3 is 15.0 Å². The summed E-state index contributed by atoms with van der Waals surface area (Å²) in [6.07, 6.45) is 6.23. The molecule has 1 fully saturated rings. The van der Waals surface area contributed by atoms with Gasteiger partial charge in [0.15, 0.2) is 0 Å². The number of allylic oxidation sites excluding steroid dienone is 5. The maximum absolute atomic E-state index is 6.23. The van der Waals surface area contributed by atoms with Crippen molar-refractivity contribution in [3.05, 3.63) is 137 Å². The molecule has 4 rings (SSSR count). The van der Waals surface area contributed by atoms with Crippen molar-refractivity contribution in [2.45, 2.75) is 33.6 Å². The summed E-state index contributed by atoms with van der Waals surface area (Å²) in [5.41, 5.74) is 7.27. The number of piperidine rings is 1. The van der Waals surface area contributed by atoms with E-state index in [1.807, 2.05) is 55.5 Å². The van der Waals surface area contributed by atoms with Crippen LogP contribution >= 0.6 is 15.9 Å². The van der Waals surface area contributed by atoms with Gasteiger partial charge in [0.1, 0.15) is 11.5 Å². The number of nitrogens with one attached hydrogen (secondary N) is 1. The van der Waals surface area contributed by atoms with Crippen molar-refractivity contribution in [1.82, 2.24) is 10.2 Å². The highest BCUT2D eigenvalue weighted by Gasteiger charge is 2.23. The molecule has 3 aromatic rings. The molecule has 0 radical (unpaired) electrons. The number of nitrogens with zero attached hydrogens (tertiary/aromatic N) is 2.